The average Bonchev–Trinajstić information content (AvgIpc) is 3.04. The summed E-state index contributed by atoms with van der Waals surface area (Å²) in [4.78, 5) is 20.4. The molecule has 0 radical (unpaired) electrons. The molecule has 0 saturated carbocycles. The Morgan fingerprint density at radius 2 is 2.10 bits per heavy atom. The van der Waals surface area contributed by atoms with E-state index in [0.29, 0.717) is 11.3 Å². The van der Waals surface area contributed by atoms with Crippen molar-refractivity contribution in [3.63, 3.8) is 0 Å². The second-order valence-electron chi connectivity index (χ2n) is 4.58. The molecule has 1 unspecified atom stereocenters. The van der Waals surface area contributed by atoms with Gasteiger partial charge in [-0.3, -0.25) is 20.1 Å². The van der Waals surface area contributed by atoms with Crippen LogP contribution in [0.3, 0.4) is 0 Å². The molecule has 3 rings (SSSR count). The van der Waals surface area contributed by atoms with Crippen LogP contribution in [0.4, 0.5) is 0 Å². The number of rotatable bonds is 4. The van der Waals surface area contributed by atoms with Gasteiger partial charge in [0.05, 0.1) is 12.8 Å². The molecule has 2 heterocycles. The summed E-state index contributed by atoms with van der Waals surface area (Å²) in [5.74, 6) is 0.624. The van der Waals surface area contributed by atoms with E-state index >= 15 is 0 Å². The fraction of sp³-hybridized carbons (Fsp3) is 0.125. The summed E-state index contributed by atoms with van der Waals surface area (Å²) in [5.41, 5.74) is 6.21. The number of nitrogens with zero attached hydrogens (tertiary/aromatic N) is 1. The Bertz CT molecular complexity index is 683. The number of nitrogens with one attached hydrogen (secondary N) is 1. The smallest absolute Gasteiger partial charge is 0.150 e. The zero-order valence-corrected chi connectivity index (χ0v) is 11.4. The summed E-state index contributed by atoms with van der Waals surface area (Å²) in [7, 11) is 1.57. The predicted octanol–water partition coefficient (Wildman–Crippen LogP) is 2.52. The van der Waals surface area contributed by atoms with E-state index in [1.807, 2.05) is 24.3 Å². The summed E-state index contributed by atoms with van der Waals surface area (Å²) in [6.45, 7) is 0. The third-order valence-electron chi connectivity index (χ3n) is 3.31. The van der Waals surface area contributed by atoms with Crippen molar-refractivity contribution in [1.29, 1.82) is 0 Å². The molecule has 5 nitrogen and oxygen atoms in total. The minimum absolute atomic E-state index is 0.274. The Morgan fingerprint density at radius 3 is 2.81 bits per heavy atom. The van der Waals surface area contributed by atoms with Crippen LogP contribution in [0.1, 0.15) is 27.6 Å². The molecule has 5 heteroatoms. The Morgan fingerprint density at radius 1 is 1.29 bits per heavy atom. The minimum atomic E-state index is -0.274. The van der Waals surface area contributed by atoms with E-state index in [1.54, 1.807) is 31.6 Å². The van der Waals surface area contributed by atoms with E-state index in [0.717, 1.165) is 23.1 Å². The third-order valence-corrected chi connectivity index (χ3v) is 3.31. The molecule has 0 amide bonds. The topological polar surface area (TPSA) is 60.5 Å². The number of hydrogen-bond donors (Lipinski definition) is 1. The van der Waals surface area contributed by atoms with Crippen molar-refractivity contribution in [3.05, 3.63) is 65.5 Å². The first kappa shape index (κ1) is 13.3. The zero-order chi connectivity index (χ0) is 14.7. The van der Waals surface area contributed by atoms with Crippen LogP contribution < -0.4 is 10.2 Å². The molecule has 1 aliphatic heterocycles. The maximum Gasteiger partial charge on any atom is 0.150 e. The molecule has 106 valence electrons. The standard InChI is InChI=1S/C16H14N2O3/c1-20-15-8-11(10-19)2-3-13(15)16-9-14(18-21-16)12-4-6-17-7-5-12/h2-10,16,18H,1H3. The highest BCUT2D eigenvalue weighted by molar-refractivity contribution is 5.76. The molecule has 0 saturated heterocycles. The SMILES string of the molecule is COc1cc(C=O)ccc1C1C=C(c2ccncc2)NO1. The normalized spacial score (nSPS) is 17.0. The maximum atomic E-state index is 10.8. The second kappa shape index (κ2) is 5.76. The van der Waals surface area contributed by atoms with Gasteiger partial charge in [-0.25, -0.2) is 0 Å². The van der Waals surface area contributed by atoms with Gasteiger partial charge in [0.1, 0.15) is 18.1 Å². The Balaban J connectivity index is 1.92. The van der Waals surface area contributed by atoms with Gasteiger partial charge in [0.15, 0.2) is 0 Å². The lowest BCUT2D eigenvalue weighted by molar-refractivity contribution is 0.0497. The summed E-state index contributed by atoms with van der Waals surface area (Å²) < 4.78 is 5.34. The van der Waals surface area contributed by atoms with Crippen molar-refractivity contribution >= 4 is 12.0 Å². The van der Waals surface area contributed by atoms with Gasteiger partial charge in [0.2, 0.25) is 0 Å². The molecular formula is C16H14N2O3. The van der Waals surface area contributed by atoms with Crippen LogP contribution in [-0.2, 0) is 4.84 Å². The third kappa shape index (κ3) is 2.64. The number of methoxy groups -OCH3 is 1. The van der Waals surface area contributed by atoms with E-state index in [1.165, 1.54) is 0 Å². The number of hydrogen-bond acceptors (Lipinski definition) is 5. The molecule has 0 fully saturated rings. The summed E-state index contributed by atoms with van der Waals surface area (Å²) in [6.07, 6.45) is 5.94. The van der Waals surface area contributed by atoms with Crippen molar-refractivity contribution in [1.82, 2.24) is 10.5 Å². The van der Waals surface area contributed by atoms with Crippen LogP contribution in [0.2, 0.25) is 0 Å². The summed E-state index contributed by atoms with van der Waals surface area (Å²) >= 11 is 0. The monoisotopic (exact) mass is 282 g/mol. The molecule has 1 aromatic heterocycles. The quantitative estimate of drug-likeness (QED) is 0.873. The van der Waals surface area contributed by atoms with E-state index in [9.17, 15) is 4.79 Å². The van der Waals surface area contributed by atoms with Gasteiger partial charge in [-0.1, -0.05) is 12.1 Å². The lowest BCUT2D eigenvalue weighted by Gasteiger charge is -2.12. The first-order valence-electron chi connectivity index (χ1n) is 6.49. The van der Waals surface area contributed by atoms with Crippen LogP contribution in [0.5, 0.6) is 5.75 Å². The number of hydroxylamine groups is 1. The van der Waals surface area contributed by atoms with E-state index in [4.69, 9.17) is 9.57 Å². The maximum absolute atomic E-state index is 10.8. The van der Waals surface area contributed by atoms with Crippen molar-refractivity contribution < 1.29 is 14.4 Å². The van der Waals surface area contributed by atoms with E-state index in [-0.39, 0.29) is 6.10 Å². The molecule has 1 aromatic carbocycles. The minimum Gasteiger partial charge on any atom is -0.496 e. The van der Waals surface area contributed by atoms with Crippen molar-refractivity contribution in [2.45, 2.75) is 6.10 Å². The lowest BCUT2D eigenvalue weighted by Crippen LogP contribution is -2.08. The Kier molecular flexibility index (Phi) is 3.66. The first-order chi connectivity index (χ1) is 10.3. The van der Waals surface area contributed by atoms with Crippen molar-refractivity contribution in [2.75, 3.05) is 7.11 Å². The fourth-order valence-corrected chi connectivity index (χ4v) is 2.22. The Hall–Kier alpha value is -2.66. The largest absolute Gasteiger partial charge is 0.496 e. The first-order valence-corrected chi connectivity index (χ1v) is 6.49. The number of ether oxygens (including phenoxy) is 1. The highest BCUT2D eigenvalue weighted by Gasteiger charge is 2.22. The number of aldehydes is 1. The summed E-state index contributed by atoms with van der Waals surface area (Å²) in [5, 5.41) is 0. The molecule has 0 bridgehead atoms. The van der Waals surface area contributed by atoms with Crippen LogP contribution in [0.15, 0.2) is 48.8 Å². The second-order valence-corrected chi connectivity index (χ2v) is 4.58. The van der Waals surface area contributed by atoms with Gasteiger partial charge in [-0.2, -0.15) is 0 Å². The number of benzene rings is 1. The number of carbonyl (C=O) groups excluding carboxylic acids is 1. The van der Waals surface area contributed by atoms with Crippen molar-refractivity contribution in [2.24, 2.45) is 0 Å². The fourth-order valence-electron chi connectivity index (χ4n) is 2.22. The Labute approximate surface area is 122 Å². The van der Waals surface area contributed by atoms with Crippen LogP contribution in [0, 0.1) is 0 Å². The van der Waals surface area contributed by atoms with Crippen LogP contribution in [-0.4, -0.2) is 18.4 Å². The molecule has 1 N–H and O–H groups in total. The van der Waals surface area contributed by atoms with E-state index in [2.05, 4.69) is 10.5 Å². The molecule has 2 aromatic rings. The van der Waals surface area contributed by atoms with Crippen molar-refractivity contribution in [3.8, 4) is 5.75 Å². The molecular weight excluding hydrogens is 268 g/mol. The predicted molar refractivity (Wildman–Crippen MR) is 77.6 cm³/mol. The highest BCUT2D eigenvalue weighted by Crippen LogP contribution is 2.34. The van der Waals surface area contributed by atoms with Gasteiger partial charge in [0, 0.05) is 29.1 Å². The molecule has 0 aliphatic carbocycles. The summed E-state index contributed by atoms with van der Waals surface area (Å²) in [6, 6.07) is 9.08. The number of pyridine rings is 1. The molecule has 21 heavy (non-hydrogen) atoms. The molecule has 1 atom stereocenters. The van der Waals surface area contributed by atoms with Gasteiger partial charge in [0.25, 0.3) is 0 Å². The highest BCUT2D eigenvalue weighted by atomic mass is 16.7. The van der Waals surface area contributed by atoms with Gasteiger partial charge in [-0.15, -0.1) is 0 Å². The number of aromatic nitrogens is 1. The van der Waals surface area contributed by atoms with Gasteiger partial charge >= 0.3 is 0 Å². The van der Waals surface area contributed by atoms with Crippen LogP contribution >= 0.6 is 0 Å². The average molecular weight is 282 g/mol. The molecule has 1 aliphatic rings. The van der Waals surface area contributed by atoms with Gasteiger partial charge in [-0.05, 0) is 24.3 Å². The van der Waals surface area contributed by atoms with E-state index < -0.39 is 0 Å². The lowest BCUT2D eigenvalue weighted by atomic mass is 10.0. The zero-order valence-electron chi connectivity index (χ0n) is 11.4. The van der Waals surface area contributed by atoms with Gasteiger partial charge < -0.3 is 4.74 Å². The molecule has 0 spiro atoms. The van der Waals surface area contributed by atoms with Crippen LogP contribution in [0.25, 0.3) is 5.70 Å². The number of carbonyl (C=O) groups is 1.